The van der Waals surface area contributed by atoms with E-state index in [1.165, 1.54) is 5.56 Å². The first kappa shape index (κ1) is 25.5. The maximum Gasteiger partial charge on any atom is 0.243 e. The van der Waals surface area contributed by atoms with Crippen molar-refractivity contribution in [3.8, 4) is 0 Å². The molecule has 0 aliphatic rings. The smallest absolute Gasteiger partial charge is 0.243 e. The molecule has 0 aliphatic heterocycles. The summed E-state index contributed by atoms with van der Waals surface area (Å²) in [6.45, 7) is 8.48. The topological polar surface area (TPSA) is 49.4 Å². The summed E-state index contributed by atoms with van der Waals surface area (Å²) < 4.78 is 1.04. The van der Waals surface area contributed by atoms with Crippen LogP contribution >= 0.6 is 27.7 Å². The Balaban J connectivity index is 2.14. The number of hydrogen-bond acceptors (Lipinski definition) is 3. The Morgan fingerprint density at radius 3 is 2.35 bits per heavy atom. The molecule has 1 N–H and O–H groups in total. The van der Waals surface area contributed by atoms with Crippen molar-refractivity contribution in [2.75, 3.05) is 5.75 Å². The third-order valence-electron chi connectivity index (χ3n) is 5.40. The monoisotopic (exact) mass is 504 g/mol. The zero-order chi connectivity index (χ0) is 22.8. The van der Waals surface area contributed by atoms with Crippen molar-refractivity contribution in [2.24, 2.45) is 0 Å². The number of carbonyl (C=O) groups is 2. The molecule has 2 aromatic rings. The molecule has 0 aliphatic carbocycles. The normalized spacial score (nSPS) is 12.8. The van der Waals surface area contributed by atoms with Gasteiger partial charge in [-0.1, -0.05) is 66.2 Å². The van der Waals surface area contributed by atoms with Gasteiger partial charge in [0.1, 0.15) is 6.04 Å². The van der Waals surface area contributed by atoms with Gasteiger partial charge in [-0.05, 0) is 55.5 Å². The summed E-state index contributed by atoms with van der Waals surface area (Å²) in [5, 5.41) is 3.06. The van der Waals surface area contributed by atoms with Gasteiger partial charge in [0.05, 0.1) is 5.75 Å². The van der Waals surface area contributed by atoms with Crippen LogP contribution in [0, 0.1) is 6.92 Å². The van der Waals surface area contributed by atoms with Gasteiger partial charge in [-0.25, -0.2) is 0 Å². The fourth-order valence-corrected chi connectivity index (χ4v) is 4.39. The van der Waals surface area contributed by atoms with E-state index in [0.29, 0.717) is 18.7 Å². The van der Waals surface area contributed by atoms with Crippen LogP contribution < -0.4 is 5.32 Å². The summed E-state index contributed by atoms with van der Waals surface area (Å²) in [7, 11) is 0. The summed E-state index contributed by atoms with van der Waals surface area (Å²) in [5.41, 5.74) is 3.37. The Morgan fingerprint density at radius 1 is 1.06 bits per heavy atom. The fraction of sp³-hybridized carbons (Fsp3) is 0.440. The van der Waals surface area contributed by atoms with Gasteiger partial charge in [-0.2, -0.15) is 0 Å². The number of rotatable bonds is 11. The zero-order valence-electron chi connectivity index (χ0n) is 18.9. The molecule has 0 fully saturated rings. The molecule has 0 saturated heterocycles. The van der Waals surface area contributed by atoms with Gasteiger partial charge in [-0.3, -0.25) is 9.59 Å². The number of nitrogens with one attached hydrogen (secondary N) is 1. The van der Waals surface area contributed by atoms with E-state index in [1.807, 2.05) is 64.1 Å². The van der Waals surface area contributed by atoms with Gasteiger partial charge in [0, 0.05) is 22.8 Å². The Hall–Kier alpha value is -1.79. The Kier molecular flexibility index (Phi) is 10.6. The van der Waals surface area contributed by atoms with E-state index in [2.05, 4.69) is 33.4 Å². The molecule has 31 heavy (non-hydrogen) atoms. The van der Waals surface area contributed by atoms with Gasteiger partial charge in [0.25, 0.3) is 0 Å². The lowest BCUT2D eigenvalue weighted by molar-refractivity contribution is -0.139. The molecule has 6 heteroatoms. The molecule has 2 aromatic carbocycles. The standard InChI is InChI=1S/C25H33BrN2O2S/c1-5-19(4)27-25(30)23(6-2)28(15-21-10-8-7-9-18(21)3)24(29)17-31-16-20-11-13-22(26)14-12-20/h7-14,19,23H,5-6,15-17H2,1-4H3,(H,27,30)/t19-,23+/m1/s1. The van der Waals surface area contributed by atoms with Crippen LogP contribution in [0.4, 0.5) is 0 Å². The molecule has 0 saturated carbocycles. The SMILES string of the molecule is CC[C@@H](C)NC(=O)[C@H](CC)N(Cc1ccccc1C)C(=O)CSCc1ccc(Br)cc1. The molecule has 0 unspecified atom stereocenters. The van der Waals surface area contributed by atoms with Crippen molar-refractivity contribution >= 4 is 39.5 Å². The van der Waals surface area contributed by atoms with Crippen molar-refractivity contribution in [1.82, 2.24) is 10.2 Å². The van der Waals surface area contributed by atoms with E-state index in [9.17, 15) is 9.59 Å². The zero-order valence-corrected chi connectivity index (χ0v) is 21.3. The average Bonchev–Trinajstić information content (AvgIpc) is 2.76. The minimum atomic E-state index is -0.477. The average molecular weight is 506 g/mol. The van der Waals surface area contributed by atoms with Crippen LogP contribution in [0.25, 0.3) is 0 Å². The first-order valence-corrected chi connectivity index (χ1v) is 12.8. The van der Waals surface area contributed by atoms with Crippen LogP contribution in [-0.4, -0.2) is 34.6 Å². The number of amides is 2. The number of carbonyl (C=O) groups excluding carboxylic acids is 2. The minimum absolute atomic E-state index is 0.00323. The molecule has 0 spiro atoms. The Morgan fingerprint density at radius 2 is 1.74 bits per heavy atom. The second kappa shape index (κ2) is 12.9. The molecule has 2 rings (SSSR count). The summed E-state index contributed by atoms with van der Waals surface area (Å²) in [4.78, 5) is 28.0. The van der Waals surface area contributed by atoms with Gasteiger partial charge < -0.3 is 10.2 Å². The molecule has 2 atom stereocenters. The van der Waals surface area contributed by atoms with E-state index in [-0.39, 0.29) is 17.9 Å². The molecule has 4 nitrogen and oxygen atoms in total. The van der Waals surface area contributed by atoms with Crippen molar-refractivity contribution in [3.05, 3.63) is 69.7 Å². The van der Waals surface area contributed by atoms with E-state index in [0.717, 1.165) is 27.8 Å². The van der Waals surface area contributed by atoms with Gasteiger partial charge in [0.2, 0.25) is 11.8 Å². The number of benzene rings is 2. The highest BCUT2D eigenvalue weighted by atomic mass is 79.9. The van der Waals surface area contributed by atoms with Crippen LogP contribution in [-0.2, 0) is 21.9 Å². The van der Waals surface area contributed by atoms with Crippen LogP contribution in [0.1, 0.15) is 50.3 Å². The fourth-order valence-electron chi connectivity index (χ4n) is 3.25. The first-order valence-electron chi connectivity index (χ1n) is 10.8. The highest BCUT2D eigenvalue weighted by Crippen LogP contribution is 2.20. The Labute approximate surface area is 199 Å². The summed E-state index contributed by atoms with van der Waals surface area (Å²) in [6, 6.07) is 15.8. The van der Waals surface area contributed by atoms with Crippen molar-refractivity contribution in [2.45, 2.75) is 64.9 Å². The summed E-state index contributed by atoms with van der Waals surface area (Å²) in [5.74, 6) is 1.02. The first-order chi connectivity index (χ1) is 14.8. The second-order valence-electron chi connectivity index (χ2n) is 7.81. The van der Waals surface area contributed by atoms with Crippen LogP contribution in [0.15, 0.2) is 53.0 Å². The lowest BCUT2D eigenvalue weighted by Crippen LogP contribution is -2.51. The lowest BCUT2D eigenvalue weighted by atomic mass is 10.1. The van der Waals surface area contributed by atoms with E-state index in [4.69, 9.17) is 0 Å². The molecular weight excluding hydrogens is 472 g/mol. The highest BCUT2D eigenvalue weighted by molar-refractivity contribution is 9.10. The Bertz CT molecular complexity index is 857. The maximum atomic E-state index is 13.3. The summed E-state index contributed by atoms with van der Waals surface area (Å²) in [6.07, 6.45) is 1.44. The predicted molar refractivity (Wildman–Crippen MR) is 134 cm³/mol. The molecule has 0 heterocycles. The molecule has 0 radical (unpaired) electrons. The largest absolute Gasteiger partial charge is 0.352 e. The van der Waals surface area contributed by atoms with Crippen LogP contribution in [0.5, 0.6) is 0 Å². The number of nitrogens with zero attached hydrogens (tertiary/aromatic N) is 1. The predicted octanol–water partition coefficient (Wildman–Crippen LogP) is 5.71. The van der Waals surface area contributed by atoms with Gasteiger partial charge in [0.15, 0.2) is 0 Å². The quantitative estimate of drug-likeness (QED) is 0.426. The van der Waals surface area contributed by atoms with Crippen molar-refractivity contribution < 1.29 is 9.59 Å². The second-order valence-corrected chi connectivity index (χ2v) is 9.71. The van der Waals surface area contributed by atoms with E-state index in [1.54, 1.807) is 16.7 Å². The number of hydrogen-bond donors (Lipinski definition) is 1. The lowest BCUT2D eigenvalue weighted by Gasteiger charge is -2.32. The molecule has 168 valence electrons. The number of aryl methyl sites for hydroxylation is 1. The minimum Gasteiger partial charge on any atom is -0.352 e. The van der Waals surface area contributed by atoms with Crippen molar-refractivity contribution in [1.29, 1.82) is 0 Å². The third kappa shape index (κ3) is 8.00. The highest BCUT2D eigenvalue weighted by Gasteiger charge is 2.29. The number of halogens is 1. The maximum absolute atomic E-state index is 13.3. The number of thioether (sulfide) groups is 1. The molecular formula is C25H33BrN2O2S. The van der Waals surface area contributed by atoms with Gasteiger partial charge >= 0.3 is 0 Å². The summed E-state index contributed by atoms with van der Waals surface area (Å²) >= 11 is 5.03. The van der Waals surface area contributed by atoms with Crippen LogP contribution in [0.2, 0.25) is 0 Å². The van der Waals surface area contributed by atoms with E-state index >= 15 is 0 Å². The third-order valence-corrected chi connectivity index (χ3v) is 6.91. The van der Waals surface area contributed by atoms with Gasteiger partial charge in [-0.15, -0.1) is 11.8 Å². The van der Waals surface area contributed by atoms with E-state index < -0.39 is 6.04 Å². The van der Waals surface area contributed by atoms with Crippen LogP contribution in [0.3, 0.4) is 0 Å². The van der Waals surface area contributed by atoms with Crippen molar-refractivity contribution in [3.63, 3.8) is 0 Å². The molecule has 0 aromatic heterocycles. The molecule has 0 bridgehead atoms. The molecule has 2 amide bonds.